The molecule has 6 N–H and O–H groups in total. The summed E-state index contributed by atoms with van der Waals surface area (Å²) in [5.74, 6) is -0.560. The van der Waals surface area contributed by atoms with E-state index in [-0.39, 0.29) is 37.4 Å². The number of amides is 1. The molecule has 2 atom stereocenters. The molecule has 2 aromatic carbocycles. The zero-order valence-electron chi connectivity index (χ0n) is 16.7. The molecule has 0 aromatic heterocycles. The highest BCUT2D eigenvalue weighted by atomic mass is 16.5. The Morgan fingerprint density at radius 3 is 2.13 bits per heavy atom. The second kappa shape index (κ2) is 14.1. The summed E-state index contributed by atoms with van der Waals surface area (Å²) in [6, 6.07) is 14.4. The number of phenols is 1. The Hall–Kier alpha value is -2.94. The number of aliphatic hydroxyl groups is 2. The van der Waals surface area contributed by atoms with Gasteiger partial charge in [0.05, 0.1) is 25.2 Å². The van der Waals surface area contributed by atoms with Gasteiger partial charge in [0.2, 0.25) is 6.41 Å². The molecule has 1 heterocycles. The van der Waals surface area contributed by atoms with Crippen LogP contribution in [0.25, 0.3) is 0 Å². The molecule has 8 nitrogen and oxygen atoms in total. The summed E-state index contributed by atoms with van der Waals surface area (Å²) in [7, 11) is 0. The van der Waals surface area contributed by atoms with Gasteiger partial charge in [-0.05, 0) is 41.7 Å². The second-order valence-corrected chi connectivity index (χ2v) is 6.65. The van der Waals surface area contributed by atoms with Gasteiger partial charge in [-0.1, -0.05) is 36.4 Å². The number of ether oxygens (including phenoxy) is 1. The minimum absolute atomic E-state index is 0.0180. The molecule has 0 bridgehead atoms. The van der Waals surface area contributed by atoms with E-state index in [1.807, 2.05) is 36.4 Å². The summed E-state index contributed by atoms with van der Waals surface area (Å²) < 4.78 is 5.36. The monoisotopic (exact) mass is 419 g/mol. The Morgan fingerprint density at radius 1 is 1.10 bits per heavy atom. The molecule has 1 aliphatic heterocycles. The van der Waals surface area contributed by atoms with Crippen molar-refractivity contribution in [3.63, 3.8) is 0 Å². The number of primary amides is 1. The number of rotatable bonds is 6. The van der Waals surface area contributed by atoms with Gasteiger partial charge in [0.25, 0.3) is 0 Å². The van der Waals surface area contributed by atoms with Crippen molar-refractivity contribution in [2.45, 2.75) is 37.9 Å². The van der Waals surface area contributed by atoms with E-state index in [9.17, 15) is 9.90 Å². The molecule has 1 amide bonds. The predicted octanol–water partition coefficient (Wildman–Crippen LogP) is 1.55. The third-order valence-corrected chi connectivity index (χ3v) is 4.24. The van der Waals surface area contributed by atoms with Crippen molar-refractivity contribution in [3.8, 4) is 5.75 Å². The van der Waals surface area contributed by atoms with Crippen LogP contribution in [0.15, 0.2) is 48.5 Å². The van der Waals surface area contributed by atoms with Crippen molar-refractivity contribution in [3.05, 3.63) is 65.2 Å². The molecular formula is C22H29NO7. The first kappa shape index (κ1) is 25.1. The quantitative estimate of drug-likeness (QED) is 0.446. The fourth-order valence-electron chi connectivity index (χ4n) is 2.81. The molecule has 1 aliphatic rings. The van der Waals surface area contributed by atoms with Gasteiger partial charge in [-0.3, -0.25) is 9.59 Å². The molecule has 0 radical (unpaired) electrons. The van der Waals surface area contributed by atoms with Gasteiger partial charge in [-0.15, -0.1) is 0 Å². The Morgan fingerprint density at radius 2 is 1.67 bits per heavy atom. The van der Waals surface area contributed by atoms with Crippen LogP contribution in [0.2, 0.25) is 0 Å². The van der Waals surface area contributed by atoms with Crippen LogP contribution in [-0.2, 0) is 27.2 Å². The first-order valence-electron chi connectivity index (χ1n) is 9.54. The highest BCUT2D eigenvalue weighted by Gasteiger charge is 2.24. The van der Waals surface area contributed by atoms with E-state index in [0.717, 1.165) is 29.5 Å². The van der Waals surface area contributed by atoms with Crippen molar-refractivity contribution >= 4 is 12.4 Å². The minimum Gasteiger partial charge on any atom is -0.508 e. The number of hydrogen-bond acceptors (Lipinski definition) is 6. The number of aromatic hydroxyl groups is 1. The summed E-state index contributed by atoms with van der Waals surface area (Å²) in [6.07, 6.45) is 2.18. The normalized spacial score (nSPS) is 17.1. The molecule has 1 fully saturated rings. The zero-order valence-corrected chi connectivity index (χ0v) is 16.7. The summed E-state index contributed by atoms with van der Waals surface area (Å²) in [4.78, 5) is 19.0. The smallest absolute Gasteiger partial charge is 0.307 e. The number of hydrogen-bond donors (Lipinski definition) is 5. The molecule has 0 spiro atoms. The molecule has 0 saturated carbocycles. The first-order valence-corrected chi connectivity index (χ1v) is 9.54. The number of carbonyl (C=O) groups excluding carboxylic acids is 1. The van der Waals surface area contributed by atoms with E-state index in [4.69, 9.17) is 24.9 Å². The lowest BCUT2D eigenvalue weighted by Crippen LogP contribution is -2.02. The standard InChI is InChI=1S/C11H14O3.C10H12O3.CH3NO/c12-7-1-2-9-3-5-10(6-4-9)8-11(13)14;11-8-3-1-7(2-4-8)10-5-9(12)6-13-10;2-1-3/h3-6,12H,1-2,7-8H2,(H,13,14);1-4,9-12H,5-6H2;1H,(H2,2,3). The molecule has 8 heteroatoms. The Balaban J connectivity index is 0.000000266. The number of carboxylic acids is 1. The van der Waals surface area contributed by atoms with Crippen molar-refractivity contribution in [1.29, 1.82) is 0 Å². The zero-order chi connectivity index (χ0) is 22.4. The van der Waals surface area contributed by atoms with Gasteiger partial charge in [0.1, 0.15) is 5.75 Å². The Labute approximate surface area is 175 Å². The molecule has 164 valence electrons. The molecular weight excluding hydrogens is 390 g/mol. The average Bonchev–Trinajstić information content (AvgIpc) is 3.15. The first-order chi connectivity index (χ1) is 14.4. The van der Waals surface area contributed by atoms with Crippen LogP contribution < -0.4 is 5.73 Å². The molecule has 2 aromatic rings. The Kier molecular flexibility index (Phi) is 11.8. The van der Waals surface area contributed by atoms with Crippen LogP contribution in [0.4, 0.5) is 0 Å². The number of aliphatic carboxylic acids is 1. The van der Waals surface area contributed by atoms with Gasteiger partial charge in [0, 0.05) is 13.0 Å². The van der Waals surface area contributed by atoms with E-state index in [2.05, 4.69) is 5.73 Å². The van der Waals surface area contributed by atoms with Crippen LogP contribution in [-0.4, -0.2) is 52.1 Å². The number of aryl methyl sites for hydroxylation is 1. The van der Waals surface area contributed by atoms with E-state index >= 15 is 0 Å². The lowest BCUT2D eigenvalue weighted by Gasteiger charge is -2.08. The largest absolute Gasteiger partial charge is 0.508 e. The lowest BCUT2D eigenvalue weighted by atomic mass is 10.1. The Bertz CT molecular complexity index is 747. The van der Waals surface area contributed by atoms with Crippen LogP contribution in [0.1, 0.15) is 35.6 Å². The summed E-state index contributed by atoms with van der Waals surface area (Å²) in [5.41, 5.74) is 7.12. The highest BCUT2D eigenvalue weighted by molar-refractivity contribution is 5.70. The topological polar surface area (TPSA) is 150 Å². The van der Waals surface area contributed by atoms with Crippen LogP contribution in [0, 0.1) is 0 Å². The molecule has 30 heavy (non-hydrogen) atoms. The molecule has 0 aliphatic carbocycles. The maximum atomic E-state index is 10.4. The second-order valence-electron chi connectivity index (χ2n) is 6.65. The van der Waals surface area contributed by atoms with Crippen LogP contribution in [0.5, 0.6) is 5.75 Å². The highest BCUT2D eigenvalue weighted by Crippen LogP contribution is 2.29. The minimum atomic E-state index is -0.812. The summed E-state index contributed by atoms with van der Waals surface area (Å²) in [5, 5.41) is 35.5. The predicted molar refractivity (Wildman–Crippen MR) is 111 cm³/mol. The van der Waals surface area contributed by atoms with E-state index in [1.165, 1.54) is 0 Å². The van der Waals surface area contributed by atoms with Gasteiger partial charge in [0.15, 0.2) is 0 Å². The fraction of sp³-hybridized carbons (Fsp3) is 0.364. The van der Waals surface area contributed by atoms with Gasteiger partial charge in [-0.25, -0.2) is 0 Å². The summed E-state index contributed by atoms with van der Waals surface area (Å²) >= 11 is 0. The third-order valence-electron chi connectivity index (χ3n) is 4.24. The number of nitrogens with two attached hydrogens (primary N) is 1. The van der Waals surface area contributed by atoms with Gasteiger partial charge < -0.3 is 30.9 Å². The van der Waals surface area contributed by atoms with Crippen LogP contribution in [0.3, 0.4) is 0 Å². The number of benzene rings is 2. The van der Waals surface area contributed by atoms with Crippen molar-refractivity contribution in [2.24, 2.45) is 5.73 Å². The van der Waals surface area contributed by atoms with Crippen molar-refractivity contribution in [2.75, 3.05) is 13.2 Å². The number of phenolic OH excluding ortho intramolecular Hbond substituents is 1. The van der Waals surface area contributed by atoms with Crippen molar-refractivity contribution < 1.29 is 34.8 Å². The number of aliphatic hydroxyl groups excluding tert-OH is 2. The van der Waals surface area contributed by atoms with Crippen LogP contribution >= 0.6 is 0 Å². The number of carboxylic acid groups (broad SMARTS) is 1. The maximum Gasteiger partial charge on any atom is 0.307 e. The molecule has 1 saturated heterocycles. The molecule has 3 rings (SSSR count). The number of carbonyl (C=O) groups is 2. The molecule has 2 unspecified atom stereocenters. The maximum absolute atomic E-state index is 10.4. The average molecular weight is 419 g/mol. The fourth-order valence-corrected chi connectivity index (χ4v) is 2.81. The lowest BCUT2D eigenvalue weighted by molar-refractivity contribution is -0.136. The van der Waals surface area contributed by atoms with E-state index in [0.29, 0.717) is 13.0 Å². The van der Waals surface area contributed by atoms with Gasteiger partial charge in [-0.2, -0.15) is 0 Å². The van der Waals surface area contributed by atoms with Gasteiger partial charge >= 0.3 is 5.97 Å². The van der Waals surface area contributed by atoms with E-state index < -0.39 is 5.97 Å². The third kappa shape index (κ3) is 10.0. The summed E-state index contributed by atoms with van der Waals surface area (Å²) in [6.45, 7) is 0.600. The van der Waals surface area contributed by atoms with Crippen molar-refractivity contribution in [1.82, 2.24) is 0 Å². The SMILES string of the molecule is NC=O.O=C(O)Cc1ccc(CCCO)cc1.Oc1ccc(C2CC(O)CO2)cc1. The van der Waals surface area contributed by atoms with E-state index in [1.54, 1.807) is 12.1 Å².